The lowest BCUT2D eigenvalue weighted by molar-refractivity contribution is -0.908. The molecule has 0 fully saturated rings. The Morgan fingerprint density at radius 1 is 0.395 bits per heavy atom. The summed E-state index contributed by atoms with van der Waals surface area (Å²) in [6.07, 6.45) is 36.9. The van der Waals surface area contributed by atoms with Crippen LogP contribution in [0.4, 0.5) is 0 Å². The average molecular weight is 609 g/mol. The van der Waals surface area contributed by atoms with Gasteiger partial charge in [-0.15, -0.1) is 0 Å². The molecule has 4 nitrogen and oxygen atoms in total. The van der Waals surface area contributed by atoms with Crippen LogP contribution in [0.1, 0.15) is 206 Å². The molecule has 0 unspecified atom stereocenters. The van der Waals surface area contributed by atoms with E-state index in [0.717, 1.165) is 25.9 Å². The molecule has 43 heavy (non-hydrogen) atoms. The maximum absolute atomic E-state index is 12.5. The number of carbonyl (C=O) groups is 2. The fraction of sp³-hybridized carbons (Fsp3) is 0.949. The molecule has 0 aliphatic rings. The molecule has 1 N–H and O–H groups in total. The maximum Gasteiger partial charge on any atom is 0.138 e. The van der Waals surface area contributed by atoms with Gasteiger partial charge in [-0.1, -0.05) is 168 Å². The van der Waals surface area contributed by atoms with Gasteiger partial charge in [0.15, 0.2) is 0 Å². The second kappa shape index (κ2) is 32.6. The molecule has 0 heterocycles. The number of likely N-dealkylation sites (N-methyl/N-ethyl adjacent to an activating group) is 1. The third-order valence-electron chi connectivity index (χ3n) is 9.62. The molecule has 4 heteroatoms. The number of carbonyl (C=O) groups excluding carboxylic acids is 2. The summed E-state index contributed by atoms with van der Waals surface area (Å²) in [5.74, 6) is 0.701. The topological polar surface area (TPSA) is 54.4 Å². The number of hydrogen-bond acceptors (Lipinski definition) is 3. The molecule has 256 valence electrons. The Labute approximate surface area is 270 Å². The van der Waals surface area contributed by atoms with Gasteiger partial charge in [0.25, 0.3) is 0 Å². The maximum atomic E-state index is 12.5. The van der Waals surface area contributed by atoms with E-state index in [0.29, 0.717) is 48.3 Å². The van der Waals surface area contributed by atoms with Gasteiger partial charge in [0.05, 0.1) is 39.6 Å². The van der Waals surface area contributed by atoms with Crippen LogP contribution in [0.5, 0.6) is 0 Å². The third kappa shape index (κ3) is 31.0. The van der Waals surface area contributed by atoms with Gasteiger partial charge in [-0.25, -0.2) is 0 Å². The Morgan fingerprint density at radius 3 is 0.907 bits per heavy atom. The molecular formula is C39H78NO3+. The number of ketones is 2. The van der Waals surface area contributed by atoms with Crippen molar-refractivity contribution < 1.29 is 19.2 Å². The van der Waals surface area contributed by atoms with Gasteiger partial charge in [0.2, 0.25) is 0 Å². The quantitative estimate of drug-likeness (QED) is 0.0568. The number of aliphatic hydroxyl groups is 1. The van der Waals surface area contributed by atoms with Crippen LogP contribution in [0.15, 0.2) is 0 Å². The molecule has 0 aromatic carbocycles. The first-order chi connectivity index (χ1) is 21.0. The zero-order valence-electron chi connectivity index (χ0n) is 29.8. The predicted molar refractivity (Wildman–Crippen MR) is 188 cm³/mol. The molecule has 0 aromatic heterocycles. The first kappa shape index (κ1) is 42.3. The Hall–Kier alpha value is -0.740. The van der Waals surface area contributed by atoms with Crippen molar-refractivity contribution in [2.24, 2.45) is 0 Å². The lowest BCUT2D eigenvalue weighted by Crippen LogP contribution is -2.48. The molecule has 0 radical (unpaired) electrons. The standard InChI is InChI=1S/C39H78NO3/c1-4-6-8-10-12-14-16-18-20-22-24-26-28-30-38(42)32-34-40(3,36-37-41)35-33-39(43)31-29-27-25-23-21-19-17-15-13-11-9-7-5-2/h41H,4-37H2,1-3H3/q+1. The van der Waals surface area contributed by atoms with Crippen molar-refractivity contribution in [2.45, 2.75) is 206 Å². The molecule has 0 bridgehead atoms. The van der Waals surface area contributed by atoms with Gasteiger partial charge < -0.3 is 9.59 Å². The average Bonchev–Trinajstić information content (AvgIpc) is 3.00. The summed E-state index contributed by atoms with van der Waals surface area (Å²) in [7, 11) is 2.10. The fourth-order valence-corrected chi connectivity index (χ4v) is 6.30. The van der Waals surface area contributed by atoms with E-state index in [9.17, 15) is 14.7 Å². The second-order valence-electron chi connectivity index (χ2n) is 14.1. The number of quaternary nitrogens is 1. The molecule has 0 atom stereocenters. The normalized spacial score (nSPS) is 11.8. The number of Topliss-reactive ketones (excluding diaryl/α,β-unsaturated/α-hetero) is 2. The van der Waals surface area contributed by atoms with Gasteiger partial charge in [0.1, 0.15) is 18.1 Å². The van der Waals surface area contributed by atoms with E-state index < -0.39 is 0 Å². The highest BCUT2D eigenvalue weighted by Crippen LogP contribution is 2.16. The van der Waals surface area contributed by atoms with Crippen LogP contribution in [0.3, 0.4) is 0 Å². The first-order valence-corrected chi connectivity index (χ1v) is 19.4. The van der Waals surface area contributed by atoms with Gasteiger partial charge in [-0.2, -0.15) is 0 Å². The highest BCUT2D eigenvalue weighted by molar-refractivity contribution is 5.78. The van der Waals surface area contributed by atoms with E-state index in [2.05, 4.69) is 20.9 Å². The first-order valence-electron chi connectivity index (χ1n) is 19.4. The Bertz CT molecular complexity index is 559. The van der Waals surface area contributed by atoms with Crippen LogP contribution in [-0.4, -0.2) is 54.4 Å². The molecule has 0 rings (SSSR count). The van der Waals surface area contributed by atoms with Crippen LogP contribution in [0.25, 0.3) is 0 Å². The van der Waals surface area contributed by atoms with Crippen molar-refractivity contribution in [3.63, 3.8) is 0 Å². The third-order valence-corrected chi connectivity index (χ3v) is 9.62. The monoisotopic (exact) mass is 609 g/mol. The van der Waals surface area contributed by atoms with Crippen molar-refractivity contribution in [3.8, 4) is 0 Å². The number of unbranched alkanes of at least 4 members (excludes halogenated alkanes) is 24. The van der Waals surface area contributed by atoms with E-state index in [1.54, 1.807) is 0 Å². The number of aliphatic hydroxyl groups excluding tert-OH is 1. The number of rotatable bonds is 36. The van der Waals surface area contributed by atoms with Crippen LogP contribution in [-0.2, 0) is 9.59 Å². The Balaban J connectivity index is 3.76. The Morgan fingerprint density at radius 2 is 0.651 bits per heavy atom. The summed E-state index contributed by atoms with van der Waals surface area (Å²) in [4.78, 5) is 25.1. The minimum absolute atomic E-state index is 0.108. The SMILES string of the molecule is CCCCCCCCCCCCCCCC(=O)CC[N+](C)(CCO)CCC(=O)CCCCCCCCCCCCCCC. The molecule has 0 aromatic rings. The molecule has 0 spiro atoms. The van der Waals surface area contributed by atoms with Crippen molar-refractivity contribution in [1.82, 2.24) is 0 Å². The molecular weight excluding hydrogens is 530 g/mol. The zero-order chi connectivity index (χ0) is 31.7. The van der Waals surface area contributed by atoms with Gasteiger partial charge >= 0.3 is 0 Å². The Kier molecular flexibility index (Phi) is 32.1. The van der Waals surface area contributed by atoms with Gasteiger partial charge in [0, 0.05) is 12.8 Å². The number of hydrogen-bond donors (Lipinski definition) is 1. The molecule has 0 aliphatic heterocycles. The van der Waals surface area contributed by atoms with Crippen molar-refractivity contribution in [2.75, 3.05) is 33.3 Å². The van der Waals surface area contributed by atoms with Gasteiger partial charge in [-0.05, 0) is 12.8 Å². The smallest absolute Gasteiger partial charge is 0.138 e. The van der Waals surface area contributed by atoms with Crippen molar-refractivity contribution in [1.29, 1.82) is 0 Å². The molecule has 0 amide bonds. The van der Waals surface area contributed by atoms with E-state index >= 15 is 0 Å². The lowest BCUT2D eigenvalue weighted by atomic mass is 10.0. The van der Waals surface area contributed by atoms with E-state index in [-0.39, 0.29) is 6.61 Å². The summed E-state index contributed by atoms with van der Waals surface area (Å²) < 4.78 is 0.630. The van der Waals surface area contributed by atoms with E-state index in [1.165, 1.54) is 154 Å². The van der Waals surface area contributed by atoms with Crippen LogP contribution in [0.2, 0.25) is 0 Å². The summed E-state index contributed by atoms with van der Waals surface area (Å²) in [6, 6.07) is 0. The minimum Gasteiger partial charge on any atom is -0.391 e. The van der Waals surface area contributed by atoms with Crippen LogP contribution < -0.4 is 0 Å². The number of nitrogens with zero attached hydrogens (tertiary/aromatic N) is 1. The summed E-state index contributed by atoms with van der Waals surface area (Å²) >= 11 is 0. The summed E-state index contributed by atoms with van der Waals surface area (Å²) in [5, 5.41) is 9.62. The highest BCUT2D eigenvalue weighted by Gasteiger charge is 2.23. The summed E-state index contributed by atoms with van der Waals surface area (Å²) in [5.41, 5.74) is 0. The second-order valence-corrected chi connectivity index (χ2v) is 14.1. The van der Waals surface area contributed by atoms with Crippen LogP contribution >= 0.6 is 0 Å². The van der Waals surface area contributed by atoms with Crippen molar-refractivity contribution >= 4 is 11.6 Å². The highest BCUT2D eigenvalue weighted by atomic mass is 16.3. The lowest BCUT2D eigenvalue weighted by Gasteiger charge is -2.33. The zero-order valence-corrected chi connectivity index (χ0v) is 29.8. The fourth-order valence-electron chi connectivity index (χ4n) is 6.30. The molecule has 0 saturated carbocycles. The minimum atomic E-state index is 0.108. The van der Waals surface area contributed by atoms with Gasteiger partial charge in [-0.3, -0.25) is 9.59 Å². The molecule has 0 saturated heterocycles. The largest absolute Gasteiger partial charge is 0.391 e. The van der Waals surface area contributed by atoms with Crippen molar-refractivity contribution in [3.05, 3.63) is 0 Å². The van der Waals surface area contributed by atoms with E-state index in [1.807, 2.05) is 0 Å². The van der Waals surface area contributed by atoms with Crippen LogP contribution in [0, 0.1) is 0 Å². The molecule has 0 aliphatic carbocycles. The van der Waals surface area contributed by atoms with E-state index in [4.69, 9.17) is 0 Å². The predicted octanol–water partition coefficient (Wildman–Crippen LogP) is 11.3. The summed E-state index contributed by atoms with van der Waals surface area (Å²) in [6.45, 7) is 6.76.